The quantitative estimate of drug-likeness (QED) is 0.307. The first-order valence-electron chi connectivity index (χ1n) is 10.5. The zero-order valence-corrected chi connectivity index (χ0v) is 19.6. The minimum atomic E-state index is -3.29. The second-order valence-electron chi connectivity index (χ2n) is 7.65. The van der Waals surface area contributed by atoms with Crippen molar-refractivity contribution < 1.29 is 13.2 Å². The van der Waals surface area contributed by atoms with Gasteiger partial charge in [0.05, 0.1) is 11.5 Å². The van der Waals surface area contributed by atoms with Gasteiger partial charge in [0, 0.05) is 26.8 Å². The molecule has 0 spiro atoms. The monoisotopic (exact) mass is 464 g/mol. The fraction of sp³-hybridized carbons (Fsp3) is 0.192. The zero-order valence-electron chi connectivity index (χ0n) is 18.0. The van der Waals surface area contributed by atoms with Crippen LogP contribution in [0.15, 0.2) is 82.5 Å². The van der Waals surface area contributed by atoms with Crippen LogP contribution < -0.4 is 10.2 Å². The van der Waals surface area contributed by atoms with Crippen LogP contribution in [0.4, 0.5) is 0 Å². The molecule has 1 aromatic heterocycles. The molecular formula is C26H24O4S2. The Morgan fingerprint density at radius 2 is 1.53 bits per heavy atom. The molecule has 32 heavy (non-hydrogen) atoms. The average Bonchev–Trinajstić information content (AvgIpc) is 2.79. The molecule has 6 heteroatoms. The summed E-state index contributed by atoms with van der Waals surface area (Å²) >= 11 is 1.53. The number of benzene rings is 3. The largest absolute Gasteiger partial charge is 0.494 e. The van der Waals surface area contributed by atoms with Gasteiger partial charge in [0.15, 0.2) is 15.3 Å². The Morgan fingerprint density at radius 3 is 2.19 bits per heavy atom. The normalized spacial score (nSPS) is 11.6. The molecule has 0 amide bonds. The Bertz CT molecular complexity index is 1400. The Morgan fingerprint density at radius 1 is 0.875 bits per heavy atom. The summed E-state index contributed by atoms with van der Waals surface area (Å²) in [6, 6.07) is 21.9. The third-order valence-corrected chi connectivity index (χ3v) is 7.60. The molecule has 3 aromatic carbocycles. The number of fused-ring (bicyclic) bond motifs is 1. The molecule has 0 saturated carbocycles. The molecule has 4 rings (SSSR count). The lowest BCUT2D eigenvalue weighted by molar-refractivity contribution is 0.309. The van der Waals surface area contributed by atoms with Crippen LogP contribution in [0, 0.1) is 0 Å². The topological polar surface area (TPSA) is 60.4 Å². The zero-order chi connectivity index (χ0) is 22.7. The molecule has 0 fully saturated rings. The Hall–Kier alpha value is -2.96. The number of hydrogen-bond donors (Lipinski definition) is 0. The van der Waals surface area contributed by atoms with Crippen LogP contribution in [-0.2, 0) is 9.84 Å². The Balaban J connectivity index is 1.86. The van der Waals surface area contributed by atoms with Crippen LogP contribution >= 0.6 is 11.3 Å². The first-order valence-corrected chi connectivity index (χ1v) is 13.2. The van der Waals surface area contributed by atoms with Crippen molar-refractivity contribution in [3.8, 4) is 27.3 Å². The second-order valence-corrected chi connectivity index (χ2v) is 10.7. The molecule has 0 aliphatic heterocycles. The summed E-state index contributed by atoms with van der Waals surface area (Å²) < 4.78 is 30.4. The molecule has 1 heterocycles. The summed E-state index contributed by atoms with van der Waals surface area (Å²) in [6.07, 6.45) is 3.25. The van der Waals surface area contributed by atoms with E-state index in [4.69, 9.17) is 4.74 Å². The summed E-state index contributed by atoms with van der Waals surface area (Å²) in [5, 5.41) is 0.673. The molecule has 0 aliphatic carbocycles. The molecule has 164 valence electrons. The maximum atomic E-state index is 13.5. The highest BCUT2D eigenvalue weighted by molar-refractivity contribution is 7.90. The lowest BCUT2D eigenvalue weighted by Gasteiger charge is -2.12. The van der Waals surface area contributed by atoms with Gasteiger partial charge in [-0.1, -0.05) is 49.7 Å². The summed E-state index contributed by atoms with van der Waals surface area (Å²) in [4.78, 5) is 14.6. The molecule has 0 N–H and O–H groups in total. The fourth-order valence-corrected chi connectivity index (χ4v) is 5.35. The molecule has 0 saturated heterocycles. The van der Waals surface area contributed by atoms with Gasteiger partial charge in [-0.3, -0.25) is 4.79 Å². The van der Waals surface area contributed by atoms with Crippen molar-refractivity contribution in [3.63, 3.8) is 0 Å². The van der Waals surface area contributed by atoms with E-state index in [-0.39, 0.29) is 10.3 Å². The number of ether oxygens (including phenoxy) is 1. The first kappa shape index (κ1) is 22.2. The van der Waals surface area contributed by atoms with Crippen LogP contribution in [0.2, 0.25) is 0 Å². The van der Waals surface area contributed by atoms with Gasteiger partial charge in [-0.15, -0.1) is 11.3 Å². The van der Waals surface area contributed by atoms with Gasteiger partial charge in [0.1, 0.15) is 5.75 Å². The number of hydrogen-bond acceptors (Lipinski definition) is 5. The van der Waals surface area contributed by atoms with E-state index in [2.05, 4.69) is 6.92 Å². The average molecular weight is 465 g/mol. The van der Waals surface area contributed by atoms with Gasteiger partial charge in [0.25, 0.3) is 0 Å². The van der Waals surface area contributed by atoms with E-state index in [9.17, 15) is 13.2 Å². The summed E-state index contributed by atoms with van der Waals surface area (Å²) in [6.45, 7) is 2.78. The molecule has 0 radical (unpaired) electrons. The minimum Gasteiger partial charge on any atom is -0.494 e. The van der Waals surface area contributed by atoms with Gasteiger partial charge in [0.2, 0.25) is 0 Å². The summed E-state index contributed by atoms with van der Waals surface area (Å²) in [5.74, 6) is 0.776. The summed E-state index contributed by atoms with van der Waals surface area (Å²) in [7, 11) is -3.29. The third kappa shape index (κ3) is 4.61. The van der Waals surface area contributed by atoms with E-state index in [1.165, 1.54) is 17.6 Å². The standard InChI is InChI=1S/C26H24O4S2/c1-3-4-17-30-20-13-9-18(10-14-20)24-25(27)22-7-5-6-8-23(22)31-26(24)19-11-15-21(16-12-19)32(2,28)29/h5-16H,3-4,17H2,1-2H3. The van der Waals surface area contributed by atoms with Crippen LogP contribution in [0.3, 0.4) is 0 Å². The van der Waals surface area contributed by atoms with Gasteiger partial charge >= 0.3 is 0 Å². The predicted molar refractivity (Wildman–Crippen MR) is 132 cm³/mol. The number of rotatable bonds is 7. The van der Waals surface area contributed by atoms with E-state index in [1.54, 1.807) is 24.3 Å². The molecule has 0 aliphatic rings. The lowest BCUT2D eigenvalue weighted by atomic mass is 10.0. The molecule has 0 bridgehead atoms. The highest BCUT2D eigenvalue weighted by Gasteiger charge is 2.17. The van der Waals surface area contributed by atoms with Crippen LogP contribution in [0.25, 0.3) is 31.7 Å². The van der Waals surface area contributed by atoms with Gasteiger partial charge < -0.3 is 4.74 Å². The number of unbranched alkanes of at least 4 members (excludes halogenated alkanes) is 1. The summed E-state index contributed by atoms with van der Waals surface area (Å²) in [5.41, 5.74) is 2.19. The van der Waals surface area contributed by atoms with E-state index in [1.807, 2.05) is 48.5 Å². The van der Waals surface area contributed by atoms with Gasteiger partial charge in [-0.25, -0.2) is 8.42 Å². The highest BCUT2D eigenvalue weighted by atomic mass is 32.2. The fourth-order valence-electron chi connectivity index (χ4n) is 3.51. The van der Waals surface area contributed by atoms with Crippen molar-refractivity contribution in [2.75, 3.05) is 12.9 Å². The molecular weight excluding hydrogens is 440 g/mol. The lowest BCUT2D eigenvalue weighted by Crippen LogP contribution is -2.06. The molecule has 4 aromatic rings. The van der Waals surface area contributed by atoms with Crippen molar-refractivity contribution in [2.24, 2.45) is 0 Å². The van der Waals surface area contributed by atoms with Crippen molar-refractivity contribution >= 4 is 31.3 Å². The molecule has 4 nitrogen and oxygen atoms in total. The van der Waals surface area contributed by atoms with Gasteiger partial charge in [-0.2, -0.15) is 0 Å². The van der Waals surface area contributed by atoms with Gasteiger partial charge in [-0.05, 0) is 53.9 Å². The maximum absolute atomic E-state index is 13.5. The smallest absolute Gasteiger partial charge is 0.196 e. The second kappa shape index (κ2) is 9.27. The van der Waals surface area contributed by atoms with Crippen LogP contribution in [0.5, 0.6) is 5.75 Å². The number of sulfone groups is 1. The predicted octanol–water partition coefficient (Wildman–Crippen LogP) is 6.18. The van der Waals surface area contributed by atoms with Crippen LogP contribution in [-0.4, -0.2) is 21.3 Å². The Labute approximate surface area is 192 Å². The van der Waals surface area contributed by atoms with Crippen molar-refractivity contribution in [1.29, 1.82) is 0 Å². The maximum Gasteiger partial charge on any atom is 0.196 e. The van der Waals surface area contributed by atoms with E-state index in [0.717, 1.165) is 39.3 Å². The first-order chi connectivity index (χ1) is 15.4. The minimum absolute atomic E-state index is 0.0406. The SMILES string of the molecule is CCCCOc1ccc(-c2c(-c3ccc(S(C)(=O)=O)cc3)sc3ccccc3c2=O)cc1. The highest BCUT2D eigenvalue weighted by Crippen LogP contribution is 2.37. The van der Waals surface area contributed by atoms with Crippen LogP contribution in [0.1, 0.15) is 19.8 Å². The van der Waals surface area contributed by atoms with Crippen molar-refractivity contribution in [2.45, 2.75) is 24.7 Å². The van der Waals surface area contributed by atoms with E-state index >= 15 is 0 Å². The Kier molecular flexibility index (Phi) is 6.44. The van der Waals surface area contributed by atoms with E-state index in [0.29, 0.717) is 17.6 Å². The van der Waals surface area contributed by atoms with Crippen molar-refractivity contribution in [1.82, 2.24) is 0 Å². The molecule has 0 unspecified atom stereocenters. The molecule has 0 atom stereocenters. The van der Waals surface area contributed by atoms with Crippen molar-refractivity contribution in [3.05, 3.63) is 83.0 Å². The van der Waals surface area contributed by atoms with E-state index < -0.39 is 9.84 Å². The third-order valence-electron chi connectivity index (χ3n) is 5.25.